The molecule has 0 atom stereocenters. The van der Waals surface area contributed by atoms with Crippen molar-refractivity contribution in [1.29, 1.82) is 0 Å². The number of halogens is 1. The molecular weight excluding hydrogens is 382 g/mol. The van der Waals surface area contributed by atoms with Crippen molar-refractivity contribution in [2.45, 2.75) is 20.0 Å². The van der Waals surface area contributed by atoms with Crippen LogP contribution in [-0.2, 0) is 0 Å². The third-order valence-corrected chi connectivity index (χ3v) is 4.01. The van der Waals surface area contributed by atoms with Gasteiger partial charge in [-0.3, -0.25) is 4.79 Å². The zero-order chi connectivity index (χ0) is 20.3. The van der Waals surface area contributed by atoms with Crippen molar-refractivity contribution in [1.82, 2.24) is 9.78 Å². The molecule has 1 heterocycles. The number of hydrogen-bond acceptors (Lipinski definition) is 5. The van der Waals surface area contributed by atoms with Gasteiger partial charge < -0.3 is 15.2 Å². The molecule has 0 fully saturated rings. The highest BCUT2D eigenvalue weighted by Crippen LogP contribution is 2.25. The molecule has 3 aromatic rings. The van der Waals surface area contributed by atoms with Gasteiger partial charge in [-0.15, -0.1) is 0 Å². The molecule has 0 radical (unpaired) electrons. The Morgan fingerprint density at radius 1 is 1.21 bits per heavy atom. The molecule has 0 aliphatic rings. The van der Waals surface area contributed by atoms with Crippen molar-refractivity contribution in [3.05, 3.63) is 75.7 Å². The fraction of sp³-hybridized carbons (Fsp3) is 0.150. The van der Waals surface area contributed by atoms with Crippen molar-refractivity contribution in [3.8, 4) is 11.4 Å². The molecule has 2 N–H and O–H groups in total. The molecule has 0 saturated heterocycles. The fourth-order valence-electron chi connectivity index (χ4n) is 2.54. The van der Waals surface area contributed by atoms with Crippen LogP contribution in [0.25, 0.3) is 5.69 Å². The number of hydrogen-bond donors (Lipinski definition) is 2. The van der Waals surface area contributed by atoms with Crippen LogP contribution in [0.3, 0.4) is 0 Å². The summed E-state index contributed by atoms with van der Waals surface area (Å²) in [5, 5.41) is 16.9. The molecule has 0 unspecified atom stereocenters. The lowest BCUT2D eigenvalue weighted by atomic mass is 10.2. The number of carboxylic acids is 1. The number of rotatable bonds is 6. The Labute approximate surface area is 166 Å². The lowest BCUT2D eigenvalue weighted by Gasteiger charge is -2.16. The van der Waals surface area contributed by atoms with E-state index >= 15 is 0 Å². The van der Waals surface area contributed by atoms with Crippen LogP contribution in [0.4, 0.5) is 11.4 Å². The standard InChI is InChI=1S/C20H18ClN3O4/c1-12(2)28-17-11-22-24(16-8-6-14(21)7-9-16)19(25)18(17)23-15-5-3-4-13(10-15)20(26)27/h3-12,23H,1-2H3,(H,26,27). The first kappa shape index (κ1) is 19.4. The monoisotopic (exact) mass is 399 g/mol. The largest absolute Gasteiger partial charge is 0.487 e. The molecule has 0 bridgehead atoms. The molecule has 0 spiro atoms. The third kappa shape index (κ3) is 4.32. The van der Waals surface area contributed by atoms with Crippen molar-refractivity contribution in [2.24, 2.45) is 0 Å². The molecule has 1 aromatic heterocycles. The molecule has 0 aliphatic carbocycles. The second-order valence-corrected chi connectivity index (χ2v) is 6.69. The van der Waals surface area contributed by atoms with Crippen LogP contribution >= 0.6 is 11.6 Å². The Morgan fingerprint density at radius 3 is 2.57 bits per heavy atom. The average molecular weight is 400 g/mol. The van der Waals surface area contributed by atoms with Gasteiger partial charge in [0.1, 0.15) is 0 Å². The molecule has 28 heavy (non-hydrogen) atoms. The van der Waals surface area contributed by atoms with Gasteiger partial charge in [0.2, 0.25) is 0 Å². The van der Waals surface area contributed by atoms with Gasteiger partial charge in [0.05, 0.1) is 23.6 Å². The summed E-state index contributed by atoms with van der Waals surface area (Å²) in [6, 6.07) is 12.8. The second-order valence-electron chi connectivity index (χ2n) is 6.25. The van der Waals surface area contributed by atoms with Crippen LogP contribution in [0.15, 0.2) is 59.5 Å². The van der Waals surface area contributed by atoms with Crippen LogP contribution in [-0.4, -0.2) is 27.0 Å². The first-order valence-corrected chi connectivity index (χ1v) is 8.88. The van der Waals surface area contributed by atoms with E-state index in [2.05, 4.69) is 10.4 Å². The third-order valence-electron chi connectivity index (χ3n) is 3.76. The van der Waals surface area contributed by atoms with Crippen molar-refractivity contribution >= 4 is 28.9 Å². The van der Waals surface area contributed by atoms with E-state index in [-0.39, 0.29) is 23.1 Å². The van der Waals surface area contributed by atoms with Gasteiger partial charge in [0.15, 0.2) is 11.4 Å². The molecule has 7 nitrogen and oxygen atoms in total. The van der Waals surface area contributed by atoms with Gasteiger partial charge in [-0.25, -0.2) is 4.79 Å². The van der Waals surface area contributed by atoms with Gasteiger partial charge in [-0.05, 0) is 56.3 Å². The van der Waals surface area contributed by atoms with E-state index in [4.69, 9.17) is 16.3 Å². The maximum atomic E-state index is 13.1. The summed E-state index contributed by atoms with van der Waals surface area (Å²) >= 11 is 5.91. The van der Waals surface area contributed by atoms with Crippen LogP contribution < -0.4 is 15.6 Å². The van der Waals surface area contributed by atoms with Gasteiger partial charge in [0, 0.05) is 10.7 Å². The Balaban J connectivity index is 2.09. The summed E-state index contributed by atoms with van der Waals surface area (Å²) < 4.78 is 6.93. The number of nitrogens with one attached hydrogen (secondary N) is 1. The fourth-order valence-corrected chi connectivity index (χ4v) is 2.66. The summed E-state index contributed by atoms with van der Waals surface area (Å²) in [7, 11) is 0. The predicted octanol–water partition coefficient (Wildman–Crippen LogP) is 4.11. The van der Waals surface area contributed by atoms with Crippen molar-refractivity contribution in [2.75, 3.05) is 5.32 Å². The van der Waals surface area contributed by atoms with Crippen molar-refractivity contribution in [3.63, 3.8) is 0 Å². The van der Waals surface area contributed by atoms with E-state index < -0.39 is 11.5 Å². The van der Waals surface area contributed by atoms with E-state index in [0.29, 0.717) is 16.4 Å². The molecular formula is C20H18ClN3O4. The van der Waals surface area contributed by atoms with Crippen LogP contribution in [0, 0.1) is 0 Å². The van der Waals surface area contributed by atoms with Crippen molar-refractivity contribution < 1.29 is 14.6 Å². The van der Waals surface area contributed by atoms with Gasteiger partial charge in [-0.2, -0.15) is 9.78 Å². The number of anilines is 2. The highest BCUT2D eigenvalue weighted by molar-refractivity contribution is 6.30. The van der Waals surface area contributed by atoms with Gasteiger partial charge >= 0.3 is 5.97 Å². The quantitative estimate of drug-likeness (QED) is 0.647. The molecule has 8 heteroatoms. The van der Waals surface area contributed by atoms with Crippen LogP contribution in [0.2, 0.25) is 5.02 Å². The topological polar surface area (TPSA) is 93.5 Å². The first-order chi connectivity index (χ1) is 13.3. The number of ether oxygens (including phenoxy) is 1. The zero-order valence-electron chi connectivity index (χ0n) is 15.2. The van der Waals surface area contributed by atoms with Gasteiger partial charge in [-0.1, -0.05) is 17.7 Å². The number of carboxylic acid groups (broad SMARTS) is 1. The molecule has 3 rings (SSSR count). The summed E-state index contributed by atoms with van der Waals surface area (Å²) in [4.78, 5) is 24.3. The maximum absolute atomic E-state index is 13.1. The summed E-state index contributed by atoms with van der Waals surface area (Å²) in [6.45, 7) is 3.67. The number of aromatic nitrogens is 2. The summed E-state index contributed by atoms with van der Waals surface area (Å²) in [5.41, 5.74) is 0.790. The minimum absolute atomic E-state index is 0.100. The zero-order valence-corrected chi connectivity index (χ0v) is 16.0. The normalized spacial score (nSPS) is 10.7. The predicted molar refractivity (Wildman–Crippen MR) is 107 cm³/mol. The van der Waals surface area contributed by atoms with Crippen LogP contribution in [0.1, 0.15) is 24.2 Å². The van der Waals surface area contributed by atoms with E-state index in [0.717, 1.165) is 0 Å². The van der Waals surface area contributed by atoms with E-state index in [1.165, 1.54) is 23.0 Å². The number of nitrogens with zero attached hydrogens (tertiary/aromatic N) is 2. The lowest BCUT2D eigenvalue weighted by Crippen LogP contribution is -2.25. The van der Waals surface area contributed by atoms with E-state index in [1.54, 1.807) is 36.4 Å². The number of benzene rings is 2. The molecule has 0 amide bonds. The minimum atomic E-state index is -1.06. The Kier molecular flexibility index (Phi) is 5.65. The Bertz CT molecular complexity index is 1060. The van der Waals surface area contributed by atoms with Crippen LogP contribution in [0.5, 0.6) is 5.75 Å². The summed E-state index contributed by atoms with van der Waals surface area (Å²) in [5.74, 6) is -0.790. The average Bonchev–Trinajstić information content (AvgIpc) is 2.65. The smallest absolute Gasteiger partial charge is 0.335 e. The van der Waals surface area contributed by atoms with Gasteiger partial charge in [0.25, 0.3) is 5.56 Å². The molecule has 0 saturated carbocycles. The SMILES string of the molecule is CC(C)Oc1cnn(-c2ccc(Cl)cc2)c(=O)c1Nc1cccc(C(=O)O)c1. The maximum Gasteiger partial charge on any atom is 0.335 e. The Morgan fingerprint density at radius 2 is 1.93 bits per heavy atom. The molecule has 0 aliphatic heterocycles. The lowest BCUT2D eigenvalue weighted by molar-refractivity contribution is 0.0697. The highest BCUT2D eigenvalue weighted by atomic mass is 35.5. The van der Waals surface area contributed by atoms with E-state index in [9.17, 15) is 14.7 Å². The Hall–Kier alpha value is -3.32. The summed E-state index contributed by atoms with van der Waals surface area (Å²) in [6.07, 6.45) is 1.26. The number of aromatic carboxylic acids is 1. The minimum Gasteiger partial charge on any atom is -0.487 e. The highest BCUT2D eigenvalue weighted by Gasteiger charge is 2.16. The molecule has 2 aromatic carbocycles. The molecule has 144 valence electrons. The van der Waals surface area contributed by atoms with E-state index in [1.807, 2.05) is 13.8 Å². The number of carbonyl (C=O) groups is 1. The first-order valence-electron chi connectivity index (χ1n) is 8.50. The second kappa shape index (κ2) is 8.14.